The minimum atomic E-state index is -0.351. The van der Waals surface area contributed by atoms with E-state index in [1.165, 1.54) is 6.07 Å². The van der Waals surface area contributed by atoms with Gasteiger partial charge in [0.05, 0.1) is 16.7 Å². The van der Waals surface area contributed by atoms with Crippen molar-refractivity contribution in [1.29, 1.82) is 0 Å². The van der Waals surface area contributed by atoms with Crippen molar-refractivity contribution in [2.24, 2.45) is 7.05 Å². The zero-order valence-electron chi connectivity index (χ0n) is 22.8. The van der Waals surface area contributed by atoms with E-state index in [4.69, 9.17) is 4.42 Å². The molecule has 0 aliphatic carbocycles. The molecular weight excluding hydrogens is 488 g/mol. The van der Waals surface area contributed by atoms with Crippen molar-refractivity contribution in [2.75, 3.05) is 0 Å². The van der Waals surface area contributed by atoms with Crippen molar-refractivity contribution in [3.05, 3.63) is 114 Å². The minimum Gasteiger partial charge on any atom is -0.454 e. The number of benzene rings is 4. The van der Waals surface area contributed by atoms with Crippen LogP contribution in [0.3, 0.4) is 0 Å². The Morgan fingerprint density at radius 3 is 2.03 bits per heavy atom. The molecule has 0 atom stereocenters. The van der Waals surface area contributed by atoms with Crippen LogP contribution in [0.5, 0.6) is 0 Å². The molecular formula is C35H30F2NO+. The Morgan fingerprint density at radius 2 is 1.31 bits per heavy atom. The average Bonchev–Trinajstić information content (AvgIpc) is 3.28. The summed E-state index contributed by atoms with van der Waals surface area (Å²) < 4.78 is 39.4. The third-order valence-electron chi connectivity index (χ3n) is 7.51. The Kier molecular flexibility index (Phi) is 5.87. The van der Waals surface area contributed by atoms with Crippen LogP contribution in [0, 0.1) is 18.6 Å². The van der Waals surface area contributed by atoms with Gasteiger partial charge < -0.3 is 4.42 Å². The molecule has 2 aromatic heterocycles. The van der Waals surface area contributed by atoms with Gasteiger partial charge in [0.15, 0.2) is 6.20 Å². The van der Waals surface area contributed by atoms with Crippen molar-refractivity contribution >= 4 is 21.9 Å². The topological polar surface area (TPSA) is 17.0 Å². The number of aryl methyl sites for hydroxylation is 2. The van der Waals surface area contributed by atoms with Gasteiger partial charge >= 0.3 is 0 Å². The van der Waals surface area contributed by atoms with E-state index in [-0.39, 0.29) is 17.0 Å². The normalized spacial score (nSPS) is 12.0. The predicted octanol–water partition coefficient (Wildman–Crippen LogP) is 9.30. The lowest BCUT2D eigenvalue weighted by atomic mass is 9.87. The number of halogens is 2. The van der Waals surface area contributed by atoms with E-state index in [9.17, 15) is 0 Å². The van der Waals surface area contributed by atoms with Crippen molar-refractivity contribution in [2.45, 2.75) is 33.1 Å². The van der Waals surface area contributed by atoms with Crippen molar-refractivity contribution < 1.29 is 17.8 Å². The molecule has 0 unspecified atom stereocenters. The molecule has 4 aromatic carbocycles. The second kappa shape index (κ2) is 9.16. The monoisotopic (exact) mass is 518 g/mol. The second-order valence-corrected chi connectivity index (χ2v) is 11.3. The third-order valence-corrected chi connectivity index (χ3v) is 7.51. The van der Waals surface area contributed by atoms with E-state index in [2.05, 4.69) is 0 Å². The van der Waals surface area contributed by atoms with Gasteiger partial charge in [-0.25, -0.2) is 13.3 Å². The summed E-state index contributed by atoms with van der Waals surface area (Å²) >= 11 is 0. The molecule has 0 saturated heterocycles. The highest BCUT2D eigenvalue weighted by Gasteiger charge is 2.28. The van der Waals surface area contributed by atoms with Gasteiger partial charge in [-0.3, -0.25) is 0 Å². The molecule has 0 aliphatic heterocycles. The molecule has 0 saturated carbocycles. The Morgan fingerprint density at radius 1 is 0.667 bits per heavy atom. The largest absolute Gasteiger partial charge is 0.454 e. The summed E-state index contributed by atoms with van der Waals surface area (Å²) in [5.74, 6) is -0.608. The van der Waals surface area contributed by atoms with Crippen molar-refractivity contribution in [1.82, 2.24) is 0 Å². The van der Waals surface area contributed by atoms with Crippen LogP contribution in [-0.2, 0) is 12.5 Å². The molecule has 4 heteroatoms. The first-order valence-corrected chi connectivity index (χ1v) is 13.1. The van der Waals surface area contributed by atoms with Gasteiger partial charge in [0, 0.05) is 16.8 Å². The van der Waals surface area contributed by atoms with Gasteiger partial charge in [-0.2, -0.15) is 0 Å². The highest BCUT2D eigenvalue weighted by Crippen LogP contribution is 2.42. The SMILES string of the molecule is Cc1ccc2c(oc3c(-c4cccc(-c5ccccc5)c4)c(F)ccc32)c1-c1cc(F)c(C(C)(C)C)c[n+]1C. The summed E-state index contributed by atoms with van der Waals surface area (Å²) in [6.07, 6.45) is 1.85. The van der Waals surface area contributed by atoms with Gasteiger partial charge in [0.2, 0.25) is 5.69 Å². The fourth-order valence-corrected chi connectivity index (χ4v) is 5.48. The lowest BCUT2D eigenvalue weighted by molar-refractivity contribution is -0.661. The van der Waals surface area contributed by atoms with Crippen LogP contribution in [0.4, 0.5) is 8.78 Å². The van der Waals surface area contributed by atoms with Crippen LogP contribution in [-0.4, -0.2) is 0 Å². The fraction of sp³-hybridized carbons (Fsp3) is 0.171. The number of fused-ring (bicyclic) bond motifs is 3. The zero-order chi connectivity index (χ0) is 27.5. The lowest BCUT2D eigenvalue weighted by Crippen LogP contribution is -2.34. The standard InChI is InChI=1S/C35H30F2NO/c1-21-14-15-25-26-16-17-28(36)32(24-13-9-12-23(18-24)22-10-7-6-8-11-22)34(26)39-33(25)31(21)30-19-29(37)27(20-38(30)5)35(2,3)4/h6-20H,1-5H3/q+1. The zero-order valence-corrected chi connectivity index (χ0v) is 22.8. The minimum absolute atomic E-state index is 0.257. The summed E-state index contributed by atoms with van der Waals surface area (Å²) in [6, 6.07) is 26.8. The fourth-order valence-electron chi connectivity index (χ4n) is 5.48. The first-order chi connectivity index (χ1) is 18.6. The van der Waals surface area contributed by atoms with E-state index in [0.717, 1.165) is 38.6 Å². The van der Waals surface area contributed by atoms with Crippen molar-refractivity contribution in [3.8, 4) is 33.5 Å². The lowest BCUT2D eigenvalue weighted by Gasteiger charge is -2.18. The van der Waals surface area contributed by atoms with Crippen LogP contribution >= 0.6 is 0 Å². The first kappa shape index (κ1) is 25.0. The molecule has 0 bridgehead atoms. The number of hydrogen-bond donors (Lipinski definition) is 0. The molecule has 0 amide bonds. The number of pyridine rings is 1. The summed E-state index contributed by atoms with van der Waals surface area (Å²) in [5.41, 5.74) is 7.09. The van der Waals surface area contributed by atoms with Crippen LogP contribution in [0.2, 0.25) is 0 Å². The van der Waals surface area contributed by atoms with Gasteiger partial charge in [0.25, 0.3) is 0 Å². The maximum Gasteiger partial charge on any atom is 0.219 e. The molecule has 39 heavy (non-hydrogen) atoms. The summed E-state index contributed by atoms with van der Waals surface area (Å²) in [7, 11) is 1.92. The van der Waals surface area contributed by atoms with Crippen LogP contribution in [0.1, 0.15) is 31.9 Å². The van der Waals surface area contributed by atoms with E-state index in [0.29, 0.717) is 28.0 Å². The number of furan rings is 1. The summed E-state index contributed by atoms with van der Waals surface area (Å²) in [5, 5.41) is 1.69. The van der Waals surface area contributed by atoms with Gasteiger partial charge in [-0.05, 0) is 52.8 Å². The summed E-state index contributed by atoms with van der Waals surface area (Å²) in [4.78, 5) is 0. The Bertz CT molecular complexity index is 1880. The molecule has 0 radical (unpaired) electrons. The second-order valence-electron chi connectivity index (χ2n) is 11.3. The molecule has 6 rings (SSSR count). The molecule has 2 nitrogen and oxygen atoms in total. The summed E-state index contributed by atoms with van der Waals surface area (Å²) in [6.45, 7) is 7.99. The van der Waals surface area contributed by atoms with Crippen LogP contribution in [0.25, 0.3) is 55.4 Å². The number of hydrogen-bond acceptors (Lipinski definition) is 1. The van der Waals surface area contributed by atoms with E-state index in [1.54, 1.807) is 12.1 Å². The Balaban J connectivity index is 1.61. The Labute approximate surface area is 227 Å². The number of rotatable bonds is 3. The van der Waals surface area contributed by atoms with Gasteiger partial charge in [-0.15, -0.1) is 0 Å². The smallest absolute Gasteiger partial charge is 0.219 e. The quantitative estimate of drug-likeness (QED) is 0.213. The maximum absolute atomic E-state index is 15.5. The molecule has 0 spiro atoms. The van der Waals surface area contributed by atoms with Crippen LogP contribution < -0.4 is 4.57 Å². The number of nitrogens with zero attached hydrogens (tertiary/aromatic N) is 1. The molecule has 0 fully saturated rings. The molecule has 194 valence electrons. The van der Waals surface area contributed by atoms with Gasteiger partial charge in [-0.1, -0.05) is 81.4 Å². The predicted molar refractivity (Wildman–Crippen MR) is 155 cm³/mol. The third kappa shape index (κ3) is 4.21. The Hall–Kier alpha value is -4.31. The first-order valence-electron chi connectivity index (χ1n) is 13.1. The molecule has 0 N–H and O–H groups in total. The highest BCUT2D eigenvalue weighted by atomic mass is 19.1. The molecule has 6 aromatic rings. The van der Waals surface area contributed by atoms with Crippen LogP contribution in [0.15, 0.2) is 95.5 Å². The van der Waals surface area contributed by atoms with Crippen molar-refractivity contribution in [3.63, 3.8) is 0 Å². The molecule has 0 aliphatic rings. The van der Waals surface area contributed by atoms with E-state index in [1.807, 2.05) is 112 Å². The average molecular weight is 519 g/mol. The van der Waals surface area contributed by atoms with E-state index < -0.39 is 0 Å². The maximum atomic E-state index is 15.5. The molecule has 2 heterocycles. The number of aromatic nitrogens is 1. The van der Waals surface area contributed by atoms with E-state index >= 15 is 8.78 Å². The highest BCUT2D eigenvalue weighted by molar-refractivity contribution is 6.13. The van der Waals surface area contributed by atoms with Gasteiger partial charge in [0.1, 0.15) is 29.8 Å².